The lowest BCUT2D eigenvalue weighted by Gasteiger charge is -2.16. The fourth-order valence-electron chi connectivity index (χ4n) is 1.84. The Hall–Kier alpha value is -0.890. The highest BCUT2D eigenvalue weighted by Gasteiger charge is 2.36. The Morgan fingerprint density at radius 2 is 2.18 bits per heavy atom. The van der Waals surface area contributed by atoms with E-state index >= 15 is 0 Å². The number of thioether (sulfide) groups is 1. The molecular weight excluding hydrogens is 264 g/mol. The van der Waals surface area contributed by atoms with Crippen LogP contribution in [0, 0.1) is 0 Å². The lowest BCUT2D eigenvalue weighted by atomic mass is 10.2. The van der Waals surface area contributed by atoms with E-state index in [-0.39, 0.29) is 10.5 Å². The number of rotatable bonds is 1. The fourth-order valence-corrected chi connectivity index (χ4v) is 3.30. The van der Waals surface area contributed by atoms with Gasteiger partial charge < -0.3 is 10.2 Å². The molecule has 0 radical (unpaired) electrons. The molecule has 1 saturated heterocycles. The number of aromatic nitrogens is 4. The average Bonchev–Trinajstić information content (AvgIpc) is 2.86. The van der Waals surface area contributed by atoms with Crippen LogP contribution in [0.15, 0.2) is 12.7 Å². The quantitative estimate of drug-likeness (QED) is 0.733. The first-order valence-electron chi connectivity index (χ1n) is 4.99. The summed E-state index contributed by atoms with van der Waals surface area (Å²) >= 11 is 7.35. The molecule has 2 aromatic heterocycles. The molecule has 3 atom stereocenters. The maximum absolute atomic E-state index is 9.86. The maximum atomic E-state index is 9.86. The van der Waals surface area contributed by atoms with Crippen LogP contribution < -0.4 is 0 Å². The summed E-state index contributed by atoms with van der Waals surface area (Å²) < 4.78 is 1.72. The number of halogens is 1. The monoisotopic (exact) mass is 272 g/mol. The molecule has 0 unspecified atom stereocenters. The molecule has 3 heterocycles. The summed E-state index contributed by atoms with van der Waals surface area (Å²) in [5.74, 6) is 0.490. The molecule has 0 spiro atoms. The predicted molar refractivity (Wildman–Crippen MR) is 63.8 cm³/mol. The number of hydrogen-bond donors (Lipinski definition) is 2. The van der Waals surface area contributed by atoms with Gasteiger partial charge in [0.25, 0.3) is 0 Å². The van der Waals surface area contributed by atoms with Gasteiger partial charge in [-0.3, -0.25) is 4.57 Å². The average molecular weight is 273 g/mol. The molecule has 1 aliphatic heterocycles. The summed E-state index contributed by atoms with van der Waals surface area (Å²) in [6, 6.07) is 0. The molecule has 2 aromatic rings. The minimum absolute atomic E-state index is 0.284. The second-order valence-electron chi connectivity index (χ2n) is 3.77. The summed E-state index contributed by atoms with van der Waals surface area (Å²) in [7, 11) is 0. The highest BCUT2D eigenvalue weighted by molar-refractivity contribution is 7.99. The molecule has 1 fully saturated rings. The highest BCUT2D eigenvalue weighted by atomic mass is 35.5. The molecule has 0 saturated carbocycles. The Bertz CT molecular complexity index is 563. The molecule has 0 amide bonds. The van der Waals surface area contributed by atoms with E-state index in [9.17, 15) is 10.2 Å². The minimum Gasteiger partial charge on any atom is -0.389 e. The summed E-state index contributed by atoms with van der Waals surface area (Å²) in [4.78, 5) is 12.1. The van der Waals surface area contributed by atoms with Crippen molar-refractivity contribution in [2.75, 3.05) is 5.75 Å². The number of aliphatic hydroxyl groups excluding tert-OH is 2. The van der Waals surface area contributed by atoms with Crippen molar-refractivity contribution in [1.82, 2.24) is 19.5 Å². The Kier molecular flexibility index (Phi) is 2.70. The molecule has 1 aliphatic rings. The van der Waals surface area contributed by atoms with Crippen molar-refractivity contribution < 1.29 is 10.2 Å². The number of fused-ring (bicyclic) bond motifs is 1. The smallest absolute Gasteiger partial charge is 0.165 e. The van der Waals surface area contributed by atoms with Crippen LogP contribution in [0.3, 0.4) is 0 Å². The predicted octanol–water partition coefficient (Wildman–Crippen LogP) is 0.447. The van der Waals surface area contributed by atoms with Crippen LogP contribution in [-0.4, -0.2) is 47.7 Å². The topological polar surface area (TPSA) is 84.1 Å². The van der Waals surface area contributed by atoms with Crippen LogP contribution in [0.1, 0.15) is 5.37 Å². The van der Waals surface area contributed by atoms with Crippen LogP contribution >= 0.6 is 23.4 Å². The van der Waals surface area contributed by atoms with Gasteiger partial charge in [-0.25, -0.2) is 15.0 Å². The van der Waals surface area contributed by atoms with Crippen LogP contribution in [0.5, 0.6) is 0 Å². The fraction of sp³-hybridized carbons (Fsp3) is 0.444. The SMILES string of the molecule is O[C@H]1[C@H](O)CS[C@H]1n1cnc2c(Cl)ncnc21. The zero-order valence-corrected chi connectivity index (χ0v) is 10.1. The second kappa shape index (κ2) is 4.09. The molecule has 0 aromatic carbocycles. The summed E-state index contributed by atoms with van der Waals surface area (Å²) in [5.41, 5.74) is 1.07. The zero-order valence-electron chi connectivity index (χ0n) is 8.56. The third-order valence-electron chi connectivity index (χ3n) is 2.71. The Balaban J connectivity index is 2.10. The highest BCUT2D eigenvalue weighted by Crippen LogP contribution is 2.38. The molecule has 90 valence electrons. The Morgan fingerprint density at radius 3 is 2.88 bits per heavy atom. The standard InChI is InChI=1S/C9H9ClN4O2S/c10-7-5-8(12-2-11-7)14(3-13-5)9-6(16)4(15)1-17-9/h2-4,6,9,15-16H,1H2/t4-,6+,9-/m1/s1. The number of nitrogens with zero attached hydrogens (tertiary/aromatic N) is 4. The van der Waals surface area contributed by atoms with Crippen LogP contribution in [0.4, 0.5) is 0 Å². The maximum Gasteiger partial charge on any atom is 0.165 e. The molecule has 0 bridgehead atoms. The van der Waals surface area contributed by atoms with Crippen LogP contribution in [0.2, 0.25) is 5.15 Å². The van der Waals surface area contributed by atoms with Crippen LogP contribution in [-0.2, 0) is 0 Å². The molecule has 8 heteroatoms. The van der Waals surface area contributed by atoms with Gasteiger partial charge in [0.05, 0.1) is 12.4 Å². The van der Waals surface area contributed by atoms with Gasteiger partial charge in [-0.2, -0.15) is 0 Å². The number of hydrogen-bond acceptors (Lipinski definition) is 6. The molecular formula is C9H9ClN4O2S. The zero-order chi connectivity index (χ0) is 12.0. The van der Waals surface area contributed by atoms with E-state index in [2.05, 4.69) is 15.0 Å². The lowest BCUT2D eigenvalue weighted by molar-refractivity contribution is 0.0313. The third kappa shape index (κ3) is 1.70. The summed E-state index contributed by atoms with van der Waals surface area (Å²) in [6.07, 6.45) is 1.36. The van der Waals surface area contributed by atoms with Crippen molar-refractivity contribution in [2.45, 2.75) is 17.6 Å². The van der Waals surface area contributed by atoms with E-state index in [0.29, 0.717) is 16.9 Å². The van der Waals surface area contributed by atoms with E-state index in [1.54, 1.807) is 10.9 Å². The van der Waals surface area contributed by atoms with Gasteiger partial charge in [0, 0.05) is 5.75 Å². The second-order valence-corrected chi connectivity index (χ2v) is 5.28. The van der Waals surface area contributed by atoms with Crippen LogP contribution in [0.25, 0.3) is 11.2 Å². The van der Waals surface area contributed by atoms with Gasteiger partial charge in [-0.05, 0) is 0 Å². The van der Waals surface area contributed by atoms with Gasteiger partial charge in [0.1, 0.15) is 23.3 Å². The summed E-state index contributed by atoms with van der Waals surface area (Å²) in [6.45, 7) is 0. The van der Waals surface area contributed by atoms with Gasteiger partial charge in [0.2, 0.25) is 0 Å². The van der Waals surface area contributed by atoms with E-state index in [1.807, 2.05) is 0 Å². The number of imidazole rings is 1. The van der Waals surface area contributed by atoms with E-state index in [1.165, 1.54) is 18.1 Å². The largest absolute Gasteiger partial charge is 0.389 e. The molecule has 0 aliphatic carbocycles. The normalized spacial score (nSPS) is 29.0. The van der Waals surface area contributed by atoms with E-state index < -0.39 is 12.2 Å². The van der Waals surface area contributed by atoms with Gasteiger partial charge >= 0.3 is 0 Å². The first-order chi connectivity index (χ1) is 8.18. The third-order valence-corrected chi connectivity index (χ3v) is 4.37. The Morgan fingerprint density at radius 1 is 1.35 bits per heavy atom. The number of aliphatic hydroxyl groups is 2. The van der Waals surface area contributed by atoms with Crippen molar-refractivity contribution in [1.29, 1.82) is 0 Å². The lowest BCUT2D eigenvalue weighted by Crippen LogP contribution is -2.27. The summed E-state index contributed by atoms with van der Waals surface area (Å²) in [5, 5.41) is 19.4. The van der Waals surface area contributed by atoms with Gasteiger partial charge in [0.15, 0.2) is 10.8 Å². The van der Waals surface area contributed by atoms with Gasteiger partial charge in [-0.1, -0.05) is 11.6 Å². The van der Waals surface area contributed by atoms with E-state index in [0.717, 1.165) is 0 Å². The van der Waals surface area contributed by atoms with Crippen molar-refractivity contribution in [3.63, 3.8) is 0 Å². The molecule has 2 N–H and O–H groups in total. The first kappa shape index (κ1) is 11.2. The first-order valence-corrected chi connectivity index (χ1v) is 6.42. The van der Waals surface area contributed by atoms with E-state index in [4.69, 9.17) is 11.6 Å². The van der Waals surface area contributed by atoms with Crippen molar-refractivity contribution in [3.8, 4) is 0 Å². The van der Waals surface area contributed by atoms with Crippen molar-refractivity contribution >= 4 is 34.5 Å². The van der Waals surface area contributed by atoms with Gasteiger partial charge in [-0.15, -0.1) is 11.8 Å². The minimum atomic E-state index is -0.828. The van der Waals surface area contributed by atoms with Crippen molar-refractivity contribution in [2.24, 2.45) is 0 Å². The molecule has 6 nitrogen and oxygen atoms in total. The molecule has 17 heavy (non-hydrogen) atoms. The van der Waals surface area contributed by atoms with Crippen molar-refractivity contribution in [3.05, 3.63) is 17.8 Å². The molecule has 3 rings (SSSR count). The Labute approximate surface area is 106 Å².